The summed E-state index contributed by atoms with van der Waals surface area (Å²) in [6, 6.07) is 25.1. The molecule has 0 aliphatic heterocycles. The van der Waals surface area contributed by atoms with Crippen LogP contribution in [0, 0.1) is 0 Å². The summed E-state index contributed by atoms with van der Waals surface area (Å²) in [6.45, 7) is 0. The van der Waals surface area contributed by atoms with Crippen molar-refractivity contribution in [2.45, 2.75) is 0 Å². The third-order valence-corrected chi connectivity index (χ3v) is 9.56. The van der Waals surface area contributed by atoms with E-state index in [0.717, 1.165) is 75.7 Å². The number of para-hydroxylation sites is 2. The zero-order chi connectivity index (χ0) is 25.5. The third kappa shape index (κ3) is 3.05. The Hall–Kier alpha value is -4.72. The molecule has 0 spiro atoms. The second-order valence-electron chi connectivity index (χ2n) is 9.50. The molecule has 7 aromatic heterocycles. The number of hydrogen-bond donors (Lipinski definition) is 0. The Bertz CT molecular complexity index is 2250. The Balaban J connectivity index is 1.27. The lowest BCUT2D eigenvalue weighted by atomic mass is 10.0. The Labute approximate surface area is 229 Å². The van der Waals surface area contributed by atoms with Gasteiger partial charge >= 0.3 is 0 Å². The molecule has 0 radical (unpaired) electrons. The molecule has 0 aliphatic carbocycles. The highest BCUT2D eigenvalue weighted by Gasteiger charge is 2.18. The maximum absolute atomic E-state index is 6.69. The van der Waals surface area contributed by atoms with E-state index in [1.165, 1.54) is 9.40 Å². The fourth-order valence-electron chi connectivity index (χ4n) is 5.50. The number of fused-ring (bicyclic) bond motifs is 9. The van der Waals surface area contributed by atoms with Crippen LogP contribution in [0.3, 0.4) is 0 Å². The zero-order valence-electron chi connectivity index (χ0n) is 20.3. The summed E-state index contributed by atoms with van der Waals surface area (Å²) in [7, 11) is 0. The first-order valence-electron chi connectivity index (χ1n) is 12.5. The van der Waals surface area contributed by atoms with Gasteiger partial charge in [-0.25, -0.2) is 9.97 Å². The predicted octanol–water partition coefficient (Wildman–Crippen LogP) is 9.24. The molecule has 7 heteroatoms. The molecule has 7 heterocycles. The van der Waals surface area contributed by atoms with Crippen LogP contribution in [0.2, 0.25) is 0 Å². The maximum atomic E-state index is 6.69. The molecule has 0 amide bonds. The molecule has 0 saturated heterocycles. The van der Waals surface area contributed by atoms with Gasteiger partial charge in [-0.3, -0.25) is 9.97 Å². The predicted molar refractivity (Wildman–Crippen MR) is 162 cm³/mol. The van der Waals surface area contributed by atoms with E-state index in [1.54, 1.807) is 22.7 Å². The molecule has 0 fully saturated rings. The van der Waals surface area contributed by atoms with Crippen molar-refractivity contribution >= 4 is 85.2 Å². The molecule has 0 unspecified atom stereocenters. The molecule has 0 N–H and O–H groups in total. The Kier molecular flexibility index (Phi) is 4.30. The summed E-state index contributed by atoms with van der Waals surface area (Å²) in [4.78, 5) is 18.8. The minimum Gasteiger partial charge on any atom is -0.455 e. The quantitative estimate of drug-likeness (QED) is 0.220. The van der Waals surface area contributed by atoms with Gasteiger partial charge in [0.15, 0.2) is 0 Å². The Morgan fingerprint density at radius 1 is 0.487 bits per heavy atom. The summed E-state index contributed by atoms with van der Waals surface area (Å²) < 4.78 is 11.4. The second kappa shape index (κ2) is 7.89. The van der Waals surface area contributed by atoms with Gasteiger partial charge < -0.3 is 4.42 Å². The topological polar surface area (TPSA) is 64.7 Å². The number of thiophene rings is 2. The minimum absolute atomic E-state index is 0.829. The van der Waals surface area contributed by atoms with Crippen LogP contribution in [0.25, 0.3) is 85.1 Å². The van der Waals surface area contributed by atoms with Gasteiger partial charge in [-0.15, -0.1) is 22.7 Å². The number of pyridine rings is 4. The van der Waals surface area contributed by atoms with E-state index in [9.17, 15) is 0 Å². The summed E-state index contributed by atoms with van der Waals surface area (Å²) in [6.07, 6.45) is 7.45. The minimum atomic E-state index is 0.829. The van der Waals surface area contributed by atoms with Crippen molar-refractivity contribution in [3.63, 3.8) is 0 Å². The van der Waals surface area contributed by atoms with E-state index in [4.69, 9.17) is 14.4 Å². The van der Waals surface area contributed by atoms with E-state index in [0.29, 0.717) is 0 Å². The SMILES string of the molecule is c1cc(-c2ccc3sc4ccncc4c3n2)c2oc3c(-c4ccc5sc6ccncc6c5n4)cccc3c2c1. The lowest BCUT2D eigenvalue weighted by Gasteiger charge is -2.03. The van der Waals surface area contributed by atoms with Crippen molar-refractivity contribution in [2.24, 2.45) is 0 Å². The van der Waals surface area contributed by atoms with Gasteiger partial charge in [-0.05, 0) is 48.5 Å². The number of hydrogen-bond acceptors (Lipinski definition) is 7. The van der Waals surface area contributed by atoms with Gasteiger partial charge in [0.05, 0.1) is 31.8 Å². The van der Waals surface area contributed by atoms with Crippen molar-refractivity contribution in [1.82, 2.24) is 19.9 Å². The van der Waals surface area contributed by atoms with Crippen LogP contribution >= 0.6 is 22.7 Å². The Morgan fingerprint density at radius 3 is 1.51 bits per heavy atom. The first-order chi connectivity index (χ1) is 19.3. The normalized spacial score (nSPS) is 12.1. The van der Waals surface area contributed by atoms with Crippen molar-refractivity contribution in [1.29, 1.82) is 0 Å². The molecule has 0 atom stereocenters. The maximum Gasteiger partial charge on any atom is 0.144 e. The number of nitrogens with zero attached hydrogens (tertiary/aromatic N) is 4. The highest BCUT2D eigenvalue weighted by atomic mass is 32.1. The van der Waals surface area contributed by atoms with Crippen LogP contribution in [-0.4, -0.2) is 19.9 Å². The average Bonchev–Trinajstić information content (AvgIpc) is 3.67. The van der Waals surface area contributed by atoms with Crippen molar-refractivity contribution in [3.8, 4) is 22.5 Å². The van der Waals surface area contributed by atoms with Gasteiger partial charge in [0.2, 0.25) is 0 Å². The fourth-order valence-corrected chi connectivity index (χ4v) is 7.53. The molecule has 182 valence electrons. The molecule has 9 aromatic rings. The highest BCUT2D eigenvalue weighted by molar-refractivity contribution is 7.26. The van der Waals surface area contributed by atoms with E-state index in [1.807, 2.05) is 36.9 Å². The van der Waals surface area contributed by atoms with Crippen LogP contribution in [0.5, 0.6) is 0 Å². The number of rotatable bonds is 2. The van der Waals surface area contributed by atoms with E-state index in [-0.39, 0.29) is 0 Å². The highest BCUT2D eigenvalue weighted by Crippen LogP contribution is 2.41. The third-order valence-electron chi connectivity index (χ3n) is 7.30. The molecule has 2 aromatic carbocycles. The van der Waals surface area contributed by atoms with Crippen molar-refractivity contribution in [2.75, 3.05) is 0 Å². The summed E-state index contributed by atoms with van der Waals surface area (Å²) in [5, 5.41) is 4.29. The van der Waals surface area contributed by atoms with Gasteiger partial charge in [-0.2, -0.15) is 0 Å². The number of aromatic nitrogens is 4. The number of benzene rings is 2. The molecular weight excluding hydrogens is 521 g/mol. The lowest BCUT2D eigenvalue weighted by molar-refractivity contribution is 0.670. The van der Waals surface area contributed by atoms with Crippen LogP contribution in [0.4, 0.5) is 0 Å². The van der Waals surface area contributed by atoms with Gasteiger partial charge in [0.25, 0.3) is 0 Å². The average molecular weight is 537 g/mol. The van der Waals surface area contributed by atoms with E-state index in [2.05, 4.69) is 70.6 Å². The number of furan rings is 1. The Morgan fingerprint density at radius 2 is 1.00 bits per heavy atom. The first kappa shape index (κ1) is 21.2. The van der Waals surface area contributed by atoms with Gasteiger partial charge in [0, 0.05) is 66.9 Å². The summed E-state index contributed by atoms with van der Waals surface area (Å²) >= 11 is 3.48. The molecule has 0 bridgehead atoms. The largest absolute Gasteiger partial charge is 0.455 e. The lowest BCUT2D eigenvalue weighted by Crippen LogP contribution is -1.84. The smallest absolute Gasteiger partial charge is 0.144 e. The van der Waals surface area contributed by atoms with Gasteiger partial charge in [0.1, 0.15) is 11.2 Å². The molecule has 39 heavy (non-hydrogen) atoms. The first-order valence-corrected chi connectivity index (χ1v) is 14.2. The van der Waals surface area contributed by atoms with Crippen LogP contribution in [-0.2, 0) is 0 Å². The fraction of sp³-hybridized carbons (Fsp3) is 0. The monoisotopic (exact) mass is 536 g/mol. The van der Waals surface area contributed by atoms with Crippen molar-refractivity contribution in [3.05, 3.63) is 97.6 Å². The molecular formula is C32H16N4OS2. The molecule has 9 rings (SSSR count). The molecule has 0 saturated carbocycles. The van der Waals surface area contributed by atoms with Crippen LogP contribution in [0.15, 0.2) is 102 Å². The van der Waals surface area contributed by atoms with Crippen LogP contribution in [0.1, 0.15) is 0 Å². The standard InChI is InChI=1S/C32H16N4OS2/c1-3-17-18-4-2-6-20(24-8-10-28-30(36-24)22-16-34-14-12-26(22)39-28)32(18)37-31(17)19(5-1)23-7-9-27-29(35-23)21-15-33-13-11-25(21)38-27/h1-16H. The van der Waals surface area contributed by atoms with E-state index < -0.39 is 0 Å². The van der Waals surface area contributed by atoms with Crippen molar-refractivity contribution < 1.29 is 4.42 Å². The van der Waals surface area contributed by atoms with E-state index >= 15 is 0 Å². The summed E-state index contributed by atoms with van der Waals surface area (Å²) in [5.41, 5.74) is 7.32. The summed E-state index contributed by atoms with van der Waals surface area (Å²) in [5.74, 6) is 0. The molecule has 0 aliphatic rings. The van der Waals surface area contributed by atoms with Gasteiger partial charge in [-0.1, -0.05) is 24.3 Å². The van der Waals surface area contributed by atoms with Crippen LogP contribution < -0.4 is 0 Å². The molecule has 5 nitrogen and oxygen atoms in total. The zero-order valence-corrected chi connectivity index (χ0v) is 21.9. The second-order valence-corrected chi connectivity index (χ2v) is 11.7.